The van der Waals surface area contributed by atoms with Crippen molar-refractivity contribution >= 4 is 11.6 Å². The van der Waals surface area contributed by atoms with Gasteiger partial charge in [-0.15, -0.1) is 0 Å². The Hall–Kier alpha value is -1.71. The average Bonchev–Trinajstić information content (AvgIpc) is 2.54. The summed E-state index contributed by atoms with van der Waals surface area (Å²) in [5, 5.41) is 4.33. The molecule has 116 valence electrons. The van der Waals surface area contributed by atoms with Gasteiger partial charge in [0.25, 0.3) is 0 Å². The summed E-state index contributed by atoms with van der Waals surface area (Å²) >= 11 is 6.15. The number of hydrogen-bond donors (Lipinski definition) is 1. The summed E-state index contributed by atoms with van der Waals surface area (Å²) < 4.78 is 11.2. The molecule has 0 bridgehead atoms. The lowest BCUT2D eigenvalue weighted by Crippen LogP contribution is -2.30. The first kappa shape index (κ1) is 15.2. The Labute approximate surface area is 136 Å². The van der Waals surface area contributed by atoms with Crippen LogP contribution in [0.25, 0.3) is 0 Å². The molecule has 1 aliphatic rings. The van der Waals surface area contributed by atoms with E-state index in [4.69, 9.17) is 21.1 Å². The number of halogens is 1. The fraction of sp³-hybridized carbons (Fsp3) is 0.333. The van der Waals surface area contributed by atoms with Gasteiger partial charge in [0.1, 0.15) is 0 Å². The van der Waals surface area contributed by atoms with E-state index in [9.17, 15) is 0 Å². The van der Waals surface area contributed by atoms with Crippen LogP contribution in [-0.2, 0) is 6.42 Å². The minimum atomic E-state index is 0.132. The van der Waals surface area contributed by atoms with Gasteiger partial charge in [0, 0.05) is 11.6 Å². The molecule has 2 aromatic rings. The van der Waals surface area contributed by atoms with E-state index in [1.54, 1.807) is 7.11 Å². The quantitative estimate of drug-likeness (QED) is 0.925. The van der Waals surface area contributed by atoms with Crippen LogP contribution >= 0.6 is 11.6 Å². The molecule has 2 aromatic carbocycles. The third-order valence-corrected chi connectivity index (χ3v) is 4.20. The molecule has 0 spiro atoms. The van der Waals surface area contributed by atoms with Crippen LogP contribution in [0.15, 0.2) is 36.4 Å². The van der Waals surface area contributed by atoms with E-state index in [1.807, 2.05) is 25.1 Å². The molecule has 1 atom stereocenters. The van der Waals surface area contributed by atoms with Crippen molar-refractivity contribution in [1.29, 1.82) is 0 Å². The van der Waals surface area contributed by atoms with Gasteiger partial charge in [0.05, 0.1) is 19.8 Å². The van der Waals surface area contributed by atoms with Crippen LogP contribution in [0.2, 0.25) is 5.02 Å². The Morgan fingerprint density at radius 3 is 2.82 bits per heavy atom. The maximum Gasteiger partial charge on any atom is 0.161 e. The fourth-order valence-corrected chi connectivity index (χ4v) is 3.17. The van der Waals surface area contributed by atoms with Gasteiger partial charge in [-0.3, -0.25) is 0 Å². The molecule has 4 heteroatoms. The number of fused-ring (bicyclic) bond motifs is 1. The molecule has 1 aliphatic heterocycles. The molecular weight excluding hydrogens is 298 g/mol. The van der Waals surface area contributed by atoms with Crippen LogP contribution in [0.4, 0.5) is 0 Å². The number of methoxy groups -OCH3 is 1. The molecule has 22 heavy (non-hydrogen) atoms. The van der Waals surface area contributed by atoms with Crippen LogP contribution in [0.1, 0.15) is 29.7 Å². The normalized spacial score (nSPS) is 17.0. The molecule has 1 unspecified atom stereocenters. The Kier molecular flexibility index (Phi) is 4.55. The minimum absolute atomic E-state index is 0.132. The van der Waals surface area contributed by atoms with Crippen LogP contribution in [0.5, 0.6) is 11.5 Å². The van der Waals surface area contributed by atoms with E-state index in [-0.39, 0.29) is 6.04 Å². The first-order valence-electron chi connectivity index (χ1n) is 7.55. The van der Waals surface area contributed by atoms with Crippen molar-refractivity contribution in [3.63, 3.8) is 0 Å². The van der Waals surface area contributed by atoms with Crippen molar-refractivity contribution in [3.8, 4) is 11.5 Å². The molecule has 0 saturated carbocycles. The van der Waals surface area contributed by atoms with Gasteiger partial charge in [-0.2, -0.15) is 0 Å². The average molecular weight is 318 g/mol. The number of ether oxygens (including phenoxy) is 2. The zero-order chi connectivity index (χ0) is 15.5. The van der Waals surface area contributed by atoms with Crippen molar-refractivity contribution < 1.29 is 9.47 Å². The molecule has 0 fully saturated rings. The van der Waals surface area contributed by atoms with Gasteiger partial charge >= 0.3 is 0 Å². The number of hydrogen-bond acceptors (Lipinski definition) is 3. The largest absolute Gasteiger partial charge is 0.493 e. The van der Waals surface area contributed by atoms with E-state index in [0.29, 0.717) is 6.61 Å². The molecule has 0 radical (unpaired) electrons. The highest BCUT2D eigenvalue weighted by Gasteiger charge is 2.24. The van der Waals surface area contributed by atoms with Crippen LogP contribution in [-0.4, -0.2) is 20.3 Å². The summed E-state index contributed by atoms with van der Waals surface area (Å²) in [6, 6.07) is 12.3. The Balaban J connectivity index is 2.06. The molecule has 0 amide bonds. The van der Waals surface area contributed by atoms with Crippen molar-refractivity contribution in [3.05, 3.63) is 58.1 Å². The topological polar surface area (TPSA) is 30.5 Å². The third kappa shape index (κ3) is 2.92. The smallest absolute Gasteiger partial charge is 0.161 e. The minimum Gasteiger partial charge on any atom is -0.493 e. The highest BCUT2D eigenvalue weighted by molar-refractivity contribution is 6.30. The second-order valence-electron chi connectivity index (χ2n) is 5.33. The van der Waals surface area contributed by atoms with Gasteiger partial charge < -0.3 is 14.8 Å². The maximum atomic E-state index is 6.15. The van der Waals surface area contributed by atoms with Crippen molar-refractivity contribution in [2.24, 2.45) is 0 Å². The zero-order valence-electron chi connectivity index (χ0n) is 12.9. The highest BCUT2D eigenvalue weighted by atomic mass is 35.5. The SMILES string of the molecule is CCOc1cc2c(cc1OC)CCNC2c1cccc(Cl)c1. The van der Waals surface area contributed by atoms with Crippen LogP contribution in [0.3, 0.4) is 0 Å². The maximum absolute atomic E-state index is 6.15. The number of benzene rings is 2. The lowest BCUT2D eigenvalue weighted by molar-refractivity contribution is 0.309. The first-order valence-corrected chi connectivity index (χ1v) is 7.93. The zero-order valence-corrected chi connectivity index (χ0v) is 13.6. The third-order valence-electron chi connectivity index (χ3n) is 3.96. The van der Waals surface area contributed by atoms with Gasteiger partial charge in [-0.1, -0.05) is 23.7 Å². The van der Waals surface area contributed by atoms with Crippen LogP contribution < -0.4 is 14.8 Å². The predicted molar refractivity (Wildman–Crippen MR) is 89.2 cm³/mol. The molecule has 0 saturated heterocycles. The Morgan fingerprint density at radius 2 is 2.09 bits per heavy atom. The molecule has 3 nitrogen and oxygen atoms in total. The van der Waals surface area contributed by atoms with Crippen molar-refractivity contribution in [1.82, 2.24) is 5.32 Å². The van der Waals surface area contributed by atoms with Crippen molar-refractivity contribution in [2.45, 2.75) is 19.4 Å². The molecule has 1 heterocycles. The van der Waals surface area contributed by atoms with E-state index >= 15 is 0 Å². The van der Waals surface area contributed by atoms with Gasteiger partial charge in [-0.05, 0) is 54.3 Å². The van der Waals surface area contributed by atoms with Crippen molar-refractivity contribution in [2.75, 3.05) is 20.3 Å². The van der Waals surface area contributed by atoms with E-state index in [2.05, 4.69) is 23.5 Å². The lowest BCUT2D eigenvalue weighted by atomic mass is 9.89. The summed E-state index contributed by atoms with van der Waals surface area (Å²) in [5.41, 5.74) is 3.70. The van der Waals surface area contributed by atoms with E-state index in [1.165, 1.54) is 16.7 Å². The van der Waals surface area contributed by atoms with E-state index in [0.717, 1.165) is 29.5 Å². The summed E-state index contributed by atoms with van der Waals surface area (Å²) in [7, 11) is 1.68. The summed E-state index contributed by atoms with van der Waals surface area (Å²) in [5.74, 6) is 1.59. The first-order chi connectivity index (χ1) is 10.7. The molecule has 0 aromatic heterocycles. The van der Waals surface area contributed by atoms with Gasteiger partial charge in [0.15, 0.2) is 11.5 Å². The van der Waals surface area contributed by atoms with E-state index < -0.39 is 0 Å². The molecule has 0 aliphatic carbocycles. The summed E-state index contributed by atoms with van der Waals surface area (Å²) in [6.07, 6.45) is 0.981. The molecule has 1 N–H and O–H groups in total. The lowest BCUT2D eigenvalue weighted by Gasteiger charge is -2.28. The summed E-state index contributed by atoms with van der Waals surface area (Å²) in [4.78, 5) is 0. The Bertz CT molecular complexity index is 672. The monoisotopic (exact) mass is 317 g/mol. The Morgan fingerprint density at radius 1 is 1.23 bits per heavy atom. The fourth-order valence-electron chi connectivity index (χ4n) is 2.98. The van der Waals surface area contributed by atoms with Gasteiger partial charge in [0.2, 0.25) is 0 Å². The van der Waals surface area contributed by atoms with Crippen LogP contribution in [0, 0.1) is 0 Å². The number of nitrogens with one attached hydrogen (secondary N) is 1. The second kappa shape index (κ2) is 6.59. The second-order valence-corrected chi connectivity index (χ2v) is 5.76. The number of rotatable bonds is 4. The summed E-state index contributed by atoms with van der Waals surface area (Å²) in [6.45, 7) is 3.53. The predicted octanol–water partition coefficient (Wildman–Crippen LogP) is 3.98. The molecular formula is C18H20ClNO2. The molecule has 3 rings (SSSR count). The standard InChI is InChI=1S/C18H20ClNO2/c1-3-22-17-11-15-12(10-16(17)21-2)7-8-20-18(15)13-5-4-6-14(19)9-13/h4-6,9-11,18,20H,3,7-8H2,1-2H3. The van der Waals surface area contributed by atoms with Gasteiger partial charge in [-0.25, -0.2) is 0 Å². The highest BCUT2D eigenvalue weighted by Crippen LogP contribution is 2.37.